The van der Waals surface area contributed by atoms with Crippen molar-refractivity contribution in [2.24, 2.45) is 5.92 Å². The van der Waals surface area contributed by atoms with Gasteiger partial charge in [0, 0.05) is 30.5 Å². The van der Waals surface area contributed by atoms with E-state index >= 15 is 0 Å². The first kappa shape index (κ1) is 20.4. The van der Waals surface area contributed by atoms with Crippen LogP contribution in [0.25, 0.3) is 0 Å². The van der Waals surface area contributed by atoms with Gasteiger partial charge in [0.15, 0.2) is 0 Å². The lowest BCUT2D eigenvalue weighted by molar-refractivity contribution is 0.102. The Bertz CT molecular complexity index is 777. The highest BCUT2D eigenvalue weighted by Gasteiger charge is 2.13. The van der Waals surface area contributed by atoms with Crippen molar-refractivity contribution in [3.8, 4) is 0 Å². The number of anilines is 1. The summed E-state index contributed by atoms with van der Waals surface area (Å²) in [7, 11) is 0. The number of amides is 1. The molecule has 2 rings (SSSR count). The van der Waals surface area contributed by atoms with E-state index in [1.54, 1.807) is 42.7 Å². The van der Waals surface area contributed by atoms with Crippen LogP contribution >= 0.6 is 0 Å². The van der Waals surface area contributed by atoms with Crippen molar-refractivity contribution in [1.29, 1.82) is 10.8 Å². The van der Waals surface area contributed by atoms with Crippen LogP contribution in [-0.4, -0.2) is 40.4 Å². The minimum atomic E-state index is -0.317. The number of aromatic nitrogens is 2. The molecule has 7 heteroatoms. The SMILES string of the molecule is C[C@@H](CC=N)CN[C@H](C)CC(=N)c1cccc(C(=O)Nc2ccncc2)n1. The van der Waals surface area contributed by atoms with Crippen LogP contribution in [0.4, 0.5) is 5.69 Å². The van der Waals surface area contributed by atoms with E-state index in [4.69, 9.17) is 10.8 Å². The summed E-state index contributed by atoms with van der Waals surface area (Å²) < 4.78 is 0. The van der Waals surface area contributed by atoms with Gasteiger partial charge in [-0.05, 0) is 56.3 Å². The van der Waals surface area contributed by atoms with Crippen molar-refractivity contribution in [1.82, 2.24) is 15.3 Å². The molecule has 0 aliphatic rings. The Kier molecular flexibility index (Phi) is 7.76. The van der Waals surface area contributed by atoms with Crippen LogP contribution in [0.15, 0.2) is 42.7 Å². The molecule has 1 amide bonds. The summed E-state index contributed by atoms with van der Waals surface area (Å²) in [5.41, 5.74) is 1.80. The zero-order valence-electron chi connectivity index (χ0n) is 15.7. The van der Waals surface area contributed by atoms with Crippen molar-refractivity contribution < 1.29 is 4.79 Å². The summed E-state index contributed by atoms with van der Waals surface area (Å²) in [6, 6.07) is 8.64. The van der Waals surface area contributed by atoms with Crippen LogP contribution in [0.5, 0.6) is 0 Å². The molecule has 0 saturated carbocycles. The van der Waals surface area contributed by atoms with Crippen LogP contribution in [0.2, 0.25) is 0 Å². The quantitative estimate of drug-likeness (QED) is 0.484. The van der Waals surface area contributed by atoms with Gasteiger partial charge in [-0.3, -0.25) is 9.78 Å². The fourth-order valence-electron chi connectivity index (χ4n) is 2.53. The summed E-state index contributed by atoms with van der Waals surface area (Å²) >= 11 is 0. The van der Waals surface area contributed by atoms with Gasteiger partial charge in [-0.2, -0.15) is 0 Å². The number of hydrogen-bond donors (Lipinski definition) is 4. The first-order valence-electron chi connectivity index (χ1n) is 8.98. The molecular formula is C20H26N6O. The minimum absolute atomic E-state index is 0.113. The van der Waals surface area contributed by atoms with Gasteiger partial charge in [0.1, 0.15) is 5.69 Å². The summed E-state index contributed by atoms with van der Waals surface area (Å²) in [5, 5.41) is 21.6. The average Bonchev–Trinajstić information content (AvgIpc) is 2.67. The van der Waals surface area contributed by atoms with Crippen LogP contribution in [0.3, 0.4) is 0 Å². The maximum absolute atomic E-state index is 12.4. The monoisotopic (exact) mass is 366 g/mol. The van der Waals surface area contributed by atoms with E-state index in [1.165, 1.54) is 6.21 Å². The molecule has 0 spiro atoms. The molecule has 7 nitrogen and oxygen atoms in total. The van der Waals surface area contributed by atoms with E-state index in [0.717, 1.165) is 13.0 Å². The number of nitrogens with zero attached hydrogens (tertiary/aromatic N) is 2. The Hall–Kier alpha value is -2.93. The molecule has 142 valence electrons. The van der Waals surface area contributed by atoms with E-state index < -0.39 is 0 Å². The second-order valence-electron chi connectivity index (χ2n) is 6.64. The van der Waals surface area contributed by atoms with Gasteiger partial charge in [0.2, 0.25) is 0 Å². The van der Waals surface area contributed by atoms with Crippen LogP contribution in [0, 0.1) is 16.7 Å². The maximum atomic E-state index is 12.4. The second kappa shape index (κ2) is 10.3. The topological polar surface area (TPSA) is 115 Å². The third-order valence-electron chi connectivity index (χ3n) is 4.07. The van der Waals surface area contributed by atoms with Gasteiger partial charge in [-0.1, -0.05) is 13.0 Å². The van der Waals surface area contributed by atoms with Crippen molar-refractivity contribution in [2.75, 3.05) is 11.9 Å². The highest BCUT2D eigenvalue weighted by molar-refractivity contribution is 6.04. The van der Waals surface area contributed by atoms with Crippen molar-refractivity contribution >= 4 is 23.5 Å². The molecule has 2 aromatic heterocycles. The number of hydrogen-bond acceptors (Lipinski definition) is 6. The fraction of sp³-hybridized carbons (Fsp3) is 0.350. The normalized spacial score (nSPS) is 12.8. The first-order chi connectivity index (χ1) is 13.0. The van der Waals surface area contributed by atoms with E-state index in [9.17, 15) is 4.79 Å². The molecule has 27 heavy (non-hydrogen) atoms. The van der Waals surface area contributed by atoms with Crippen molar-refractivity contribution in [3.05, 3.63) is 54.1 Å². The maximum Gasteiger partial charge on any atom is 0.274 e. The molecule has 0 aliphatic heterocycles. The fourth-order valence-corrected chi connectivity index (χ4v) is 2.53. The Morgan fingerprint density at radius 1 is 1.19 bits per heavy atom. The molecule has 2 atom stereocenters. The lowest BCUT2D eigenvalue weighted by Gasteiger charge is -2.17. The second-order valence-corrected chi connectivity index (χ2v) is 6.64. The van der Waals surface area contributed by atoms with Gasteiger partial charge < -0.3 is 21.5 Å². The molecular weight excluding hydrogens is 340 g/mol. The number of nitrogens with one attached hydrogen (secondary N) is 4. The van der Waals surface area contributed by atoms with Gasteiger partial charge in [-0.15, -0.1) is 0 Å². The predicted molar refractivity (Wildman–Crippen MR) is 108 cm³/mol. The van der Waals surface area contributed by atoms with Crippen LogP contribution in [-0.2, 0) is 0 Å². The van der Waals surface area contributed by atoms with Crippen molar-refractivity contribution in [3.63, 3.8) is 0 Å². The molecule has 0 radical (unpaired) electrons. The Morgan fingerprint density at radius 3 is 2.59 bits per heavy atom. The summed E-state index contributed by atoms with van der Waals surface area (Å²) in [5.74, 6) is 0.0694. The summed E-state index contributed by atoms with van der Waals surface area (Å²) in [6.07, 6.45) is 5.89. The van der Waals surface area contributed by atoms with E-state index in [1.807, 2.05) is 6.92 Å². The standard InChI is InChI=1S/C20H26N6O/c1-14(6-9-21)13-24-15(2)12-17(22)18-4-3-5-19(26-18)20(27)25-16-7-10-23-11-8-16/h3-5,7-11,14-15,21-22,24H,6,12-13H2,1-2H3,(H,23,25,27)/t14-,15+/m0/s1. The largest absolute Gasteiger partial charge is 0.321 e. The number of carbonyl (C=O) groups excluding carboxylic acids is 1. The molecule has 4 N–H and O–H groups in total. The van der Waals surface area contributed by atoms with E-state index in [2.05, 4.69) is 27.5 Å². The highest BCUT2D eigenvalue weighted by atomic mass is 16.1. The summed E-state index contributed by atoms with van der Waals surface area (Å²) in [4.78, 5) is 20.6. The van der Waals surface area contributed by atoms with Gasteiger partial charge in [0.25, 0.3) is 5.91 Å². The Balaban J connectivity index is 1.94. The first-order valence-corrected chi connectivity index (χ1v) is 8.98. The summed E-state index contributed by atoms with van der Waals surface area (Å²) in [6.45, 7) is 4.90. The zero-order chi connectivity index (χ0) is 19.6. The Labute approximate surface area is 159 Å². The highest BCUT2D eigenvalue weighted by Crippen LogP contribution is 2.09. The molecule has 0 aromatic carbocycles. The van der Waals surface area contributed by atoms with E-state index in [0.29, 0.717) is 29.4 Å². The molecule has 2 aromatic rings. The average molecular weight is 366 g/mol. The van der Waals surface area contributed by atoms with Gasteiger partial charge in [0.05, 0.1) is 11.4 Å². The minimum Gasteiger partial charge on any atom is -0.321 e. The smallest absolute Gasteiger partial charge is 0.274 e. The molecule has 0 fully saturated rings. The van der Waals surface area contributed by atoms with Gasteiger partial charge >= 0.3 is 0 Å². The van der Waals surface area contributed by atoms with Gasteiger partial charge in [-0.25, -0.2) is 4.98 Å². The molecule has 0 aliphatic carbocycles. The van der Waals surface area contributed by atoms with Crippen LogP contribution < -0.4 is 10.6 Å². The molecule has 0 unspecified atom stereocenters. The van der Waals surface area contributed by atoms with E-state index in [-0.39, 0.29) is 17.6 Å². The molecule has 0 saturated heterocycles. The third-order valence-corrected chi connectivity index (χ3v) is 4.07. The number of rotatable bonds is 10. The van der Waals surface area contributed by atoms with Crippen molar-refractivity contribution in [2.45, 2.75) is 32.7 Å². The molecule has 2 heterocycles. The zero-order valence-corrected chi connectivity index (χ0v) is 15.7. The lowest BCUT2D eigenvalue weighted by Crippen LogP contribution is -2.32. The number of carbonyl (C=O) groups is 1. The number of pyridine rings is 2. The van der Waals surface area contributed by atoms with Crippen LogP contribution in [0.1, 0.15) is 42.9 Å². The lowest BCUT2D eigenvalue weighted by atomic mass is 10.1. The Morgan fingerprint density at radius 2 is 1.89 bits per heavy atom. The predicted octanol–water partition coefficient (Wildman–Crippen LogP) is 3.14. The molecule has 0 bridgehead atoms. The third kappa shape index (κ3) is 6.71.